The van der Waals surface area contributed by atoms with E-state index in [9.17, 15) is 4.79 Å². The van der Waals surface area contributed by atoms with Gasteiger partial charge in [-0.1, -0.05) is 6.08 Å². The first-order valence-electron chi connectivity index (χ1n) is 8.06. The number of thiophene rings is 1. The number of aliphatic imine (C=N–C) groups is 1. The van der Waals surface area contributed by atoms with Gasteiger partial charge in [0.2, 0.25) is 0 Å². The first-order valence-corrected chi connectivity index (χ1v) is 8.88. The first-order chi connectivity index (χ1) is 13.0. The number of hydrogen-bond donors (Lipinski definition) is 1. The maximum Gasteiger partial charge on any atom is 0.162 e. The van der Waals surface area contributed by atoms with E-state index in [4.69, 9.17) is 4.74 Å². The second-order valence-corrected chi connectivity index (χ2v) is 6.47. The van der Waals surface area contributed by atoms with E-state index in [1.54, 1.807) is 19.6 Å². The van der Waals surface area contributed by atoms with Gasteiger partial charge in [-0.15, -0.1) is 24.2 Å². The monoisotopic (exact) mass is 384 g/mol. The van der Waals surface area contributed by atoms with E-state index in [0.29, 0.717) is 10.6 Å². The summed E-state index contributed by atoms with van der Waals surface area (Å²) in [4.78, 5) is 23.6. The van der Waals surface area contributed by atoms with E-state index in [1.807, 2.05) is 51.1 Å². The summed E-state index contributed by atoms with van der Waals surface area (Å²) in [5.74, 6) is 0.780. The van der Waals surface area contributed by atoms with Crippen molar-refractivity contribution in [2.24, 2.45) is 4.99 Å². The third-order valence-corrected chi connectivity index (χ3v) is 4.59. The number of nitrogens with one attached hydrogen (secondary N) is 1. The summed E-state index contributed by atoms with van der Waals surface area (Å²) in [6, 6.07) is 1.91. The van der Waals surface area contributed by atoms with Gasteiger partial charge in [0.25, 0.3) is 0 Å². The number of terminal acetylenes is 1. The number of fused-ring (bicyclic) bond motifs is 1. The molecule has 0 unspecified atom stereocenters. The minimum atomic E-state index is 0.556. The van der Waals surface area contributed by atoms with Crippen molar-refractivity contribution in [2.75, 3.05) is 26.1 Å². The fourth-order valence-corrected chi connectivity index (χ4v) is 3.17. The molecule has 2 aromatic rings. The molecule has 0 aliphatic carbocycles. The van der Waals surface area contributed by atoms with Gasteiger partial charge < -0.3 is 15.0 Å². The molecule has 0 saturated carbocycles. The molecule has 7 heteroatoms. The van der Waals surface area contributed by atoms with Gasteiger partial charge in [0.05, 0.1) is 40.8 Å². The van der Waals surface area contributed by atoms with E-state index in [1.165, 1.54) is 11.3 Å². The van der Waals surface area contributed by atoms with Crippen LogP contribution in [0.3, 0.4) is 0 Å². The van der Waals surface area contributed by atoms with Crippen molar-refractivity contribution >= 4 is 45.6 Å². The van der Waals surface area contributed by atoms with Crippen LogP contribution in [0.2, 0.25) is 0 Å². The molecule has 0 aliphatic heterocycles. The van der Waals surface area contributed by atoms with Crippen molar-refractivity contribution in [3.63, 3.8) is 0 Å². The van der Waals surface area contributed by atoms with Gasteiger partial charge in [-0.05, 0) is 26.0 Å². The van der Waals surface area contributed by atoms with Crippen molar-refractivity contribution in [3.05, 3.63) is 40.7 Å². The molecule has 2 rings (SSSR count). The number of nitrogens with zero attached hydrogens (tertiary/aromatic N) is 3. The maximum absolute atomic E-state index is 11.5. The first kappa shape index (κ1) is 21.9. The quantitative estimate of drug-likeness (QED) is 0.194. The van der Waals surface area contributed by atoms with Crippen molar-refractivity contribution in [1.29, 1.82) is 0 Å². The molecule has 0 aliphatic rings. The molecule has 0 spiro atoms. The standard InChI is InChI=1S/C18H22N4O2S.C2H2/c1-6-13(9-12(2)24-5)20-11-21-17-15(10-23)25-18-16(17)14(22(3)4)7-8-19-18;1-2/h6-11H,1-5H3,(H,20,21);1-2H/b12-9+,13-6+;. The Labute approximate surface area is 164 Å². The lowest BCUT2D eigenvalue weighted by Crippen LogP contribution is -2.10. The molecule has 142 valence electrons. The molecular weight excluding hydrogens is 360 g/mol. The number of ether oxygens (including phenoxy) is 1. The highest BCUT2D eigenvalue weighted by molar-refractivity contribution is 7.21. The van der Waals surface area contributed by atoms with E-state index in [2.05, 4.69) is 28.1 Å². The number of allylic oxidation sites excluding steroid dienone is 3. The number of hydrogen-bond acceptors (Lipinski definition) is 6. The van der Waals surface area contributed by atoms with Crippen molar-refractivity contribution in [3.8, 4) is 12.8 Å². The maximum atomic E-state index is 11.5. The highest BCUT2D eigenvalue weighted by atomic mass is 32.1. The van der Waals surface area contributed by atoms with Crippen LogP contribution in [0.15, 0.2) is 40.9 Å². The van der Waals surface area contributed by atoms with Gasteiger partial charge in [-0.2, -0.15) is 0 Å². The largest absolute Gasteiger partial charge is 0.501 e. The molecule has 0 fully saturated rings. The average Bonchev–Trinajstić information content (AvgIpc) is 3.06. The Morgan fingerprint density at radius 3 is 2.67 bits per heavy atom. The lowest BCUT2D eigenvalue weighted by Gasteiger charge is -2.13. The number of rotatable bonds is 7. The minimum absolute atomic E-state index is 0.556. The lowest BCUT2D eigenvalue weighted by molar-refractivity contribution is 0.112. The predicted molar refractivity (Wildman–Crippen MR) is 115 cm³/mol. The zero-order valence-corrected chi connectivity index (χ0v) is 17.0. The number of pyridine rings is 1. The zero-order valence-electron chi connectivity index (χ0n) is 16.2. The number of aldehydes is 1. The molecule has 27 heavy (non-hydrogen) atoms. The van der Waals surface area contributed by atoms with Crippen molar-refractivity contribution in [1.82, 2.24) is 10.3 Å². The van der Waals surface area contributed by atoms with Crippen LogP contribution >= 0.6 is 11.3 Å². The molecule has 0 radical (unpaired) electrons. The van der Waals surface area contributed by atoms with Crippen LogP contribution in [-0.2, 0) is 4.74 Å². The number of carbonyl (C=O) groups is 1. The highest BCUT2D eigenvalue weighted by Gasteiger charge is 2.16. The molecule has 2 aromatic heterocycles. The Kier molecular flexibility index (Phi) is 8.76. The highest BCUT2D eigenvalue weighted by Crippen LogP contribution is 2.40. The number of methoxy groups -OCH3 is 1. The van der Waals surface area contributed by atoms with Gasteiger partial charge >= 0.3 is 0 Å². The SMILES string of the molecule is C#C.C/C=C(\C=C(/C)OC)NC=Nc1c(C=O)sc2nccc(N(C)C)c12. The van der Waals surface area contributed by atoms with Gasteiger partial charge in [-0.25, -0.2) is 9.98 Å². The Hall–Kier alpha value is -3.11. The van der Waals surface area contributed by atoms with Crippen molar-refractivity contribution in [2.45, 2.75) is 13.8 Å². The Morgan fingerprint density at radius 2 is 2.11 bits per heavy atom. The molecule has 6 nitrogen and oxygen atoms in total. The van der Waals surface area contributed by atoms with Gasteiger partial charge in [-0.3, -0.25) is 4.79 Å². The Balaban J connectivity index is 0.00000176. The predicted octanol–water partition coefficient (Wildman–Crippen LogP) is 4.13. The summed E-state index contributed by atoms with van der Waals surface area (Å²) in [6.45, 7) is 3.79. The fraction of sp³-hybridized carbons (Fsp3) is 0.250. The van der Waals surface area contributed by atoms with Gasteiger partial charge in [0.1, 0.15) is 4.83 Å². The van der Waals surface area contributed by atoms with E-state index < -0.39 is 0 Å². The van der Waals surface area contributed by atoms with Crippen LogP contribution in [0, 0.1) is 12.8 Å². The summed E-state index contributed by atoms with van der Waals surface area (Å²) < 4.78 is 5.15. The number of aromatic nitrogens is 1. The topological polar surface area (TPSA) is 66.8 Å². The van der Waals surface area contributed by atoms with Gasteiger partial charge in [0.15, 0.2) is 6.29 Å². The van der Waals surface area contributed by atoms with E-state index in [-0.39, 0.29) is 0 Å². The average molecular weight is 385 g/mol. The van der Waals surface area contributed by atoms with Crippen LogP contribution in [0.1, 0.15) is 23.5 Å². The molecular formula is C20H24N4O2S. The fourth-order valence-electron chi connectivity index (χ4n) is 2.25. The molecule has 0 saturated heterocycles. The number of carbonyl (C=O) groups excluding carboxylic acids is 1. The smallest absolute Gasteiger partial charge is 0.162 e. The Bertz CT molecular complexity index is 892. The molecule has 1 N–H and O–H groups in total. The zero-order chi connectivity index (χ0) is 20.4. The van der Waals surface area contributed by atoms with Crippen LogP contribution in [-0.4, -0.2) is 38.8 Å². The van der Waals surface area contributed by atoms with E-state index >= 15 is 0 Å². The van der Waals surface area contributed by atoms with Crippen LogP contribution in [0.5, 0.6) is 0 Å². The third kappa shape index (κ3) is 5.43. The third-order valence-electron chi connectivity index (χ3n) is 3.58. The van der Waals surface area contributed by atoms with Crippen LogP contribution in [0.4, 0.5) is 11.4 Å². The van der Waals surface area contributed by atoms with Crippen LogP contribution < -0.4 is 10.2 Å². The molecule has 0 bridgehead atoms. The van der Waals surface area contributed by atoms with E-state index in [0.717, 1.165) is 33.6 Å². The summed E-state index contributed by atoms with van der Waals surface area (Å²) in [5.41, 5.74) is 2.45. The summed E-state index contributed by atoms with van der Waals surface area (Å²) in [5, 5.41) is 3.98. The number of anilines is 1. The molecule has 0 atom stereocenters. The van der Waals surface area contributed by atoms with Crippen molar-refractivity contribution < 1.29 is 9.53 Å². The summed E-state index contributed by atoms with van der Waals surface area (Å²) >= 11 is 1.34. The normalized spacial score (nSPS) is 11.8. The summed E-state index contributed by atoms with van der Waals surface area (Å²) in [7, 11) is 5.53. The summed E-state index contributed by atoms with van der Waals surface area (Å²) in [6.07, 6.45) is 15.9. The Morgan fingerprint density at radius 1 is 1.41 bits per heavy atom. The van der Waals surface area contributed by atoms with Crippen LogP contribution in [0.25, 0.3) is 10.2 Å². The lowest BCUT2D eigenvalue weighted by atomic mass is 10.2. The molecule has 2 heterocycles. The van der Waals surface area contributed by atoms with Gasteiger partial charge in [0, 0.05) is 26.0 Å². The minimum Gasteiger partial charge on any atom is -0.501 e. The molecule has 0 amide bonds. The molecule has 0 aromatic carbocycles. The second-order valence-electron chi connectivity index (χ2n) is 5.44. The second kappa shape index (κ2) is 10.8.